The van der Waals surface area contributed by atoms with E-state index in [0.29, 0.717) is 0 Å². The molecular weight excluding hydrogens is 189 g/mol. The first-order chi connectivity index (χ1) is 2.41. The van der Waals surface area contributed by atoms with Crippen molar-refractivity contribution < 1.29 is 0 Å². The molecule has 0 rings (SSSR count). The Morgan fingerprint density at radius 3 is 2.20 bits per heavy atom. The quantitative estimate of drug-likeness (QED) is 0.588. The molecule has 0 aliphatic heterocycles. The Kier molecular flexibility index (Phi) is 5.15. The molecule has 0 aromatic rings. The molecule has 0 saturated heterocycles. The molecule has 0 saturated carbocycles. The zero-order valence-corrected chi connectivity index (χ0v) is 4.12. The summed E-state index contributed by atoms with van der Waals surface area (Å²) in [5, 5.41) is 1.34. The Balaban J connectivity index is 2.19. The van der Waals surface area contributed by atoms with E-state index in [2.05, 4.69) is 24.6 Å². The van der Waals surface area contributed by atoms with Gasteiger partial charge in [-0.1, -0.05) is 0 Å². The summed E-state index contributed by atoms with van der Waals surface area (Å²) in [5.74, 6) is 0. The molecule has 0 spiro atoms. The fourth-order valence-electron chi connectivity index (χ4n) is 0.354. The van der Waals surface area contributed by atoms with Crippen molar-refractivity contribution in [1.82, 2.24) is 0 Å². The number of hydrogen-bond acceptors (Lipinski definition) is 0. The van der Waals surface area contributed by atoms with Crippen LogP contribution in [0.4, 0.5) is 0 Å². The SMILES string of the molecule is [141Li][CH2]CCC. The van der Waals surface area contributed by atoms with Crippen molar-refractivity contribution in [1.29, 1.82) is 0 Å². The van der Waals surface area contributed by atoms with Gasteiger partial charge in [0.05, 0.1) is 0 Å². The van der Waals surface area contributed by atoms with Crippen LogP contribution in [0, 0.1) is 0 Å². The normalized spacial score (nSPS) is 8.60. The van der Waals surface area contributed by atoms with E-state index in [1.165, 1.54) is 17.9 Å². The van der Waals surface area contributed by atoms with Gasteiger partial charge in [0.2, 0.25) is 0 Å². The Labute approximate surface area is 43.2 Å². The van der Waals surface area contributed by atoms with E-state index < -0.39 is 0 Å². The van der Waals surface area contributed by atoms with E-state index in [1.54, 1.807) is 0 Å². The van der Waals surface area contributed by atoms with Crippen LogP contribution in [0.3, 0.4) is 0 Å². The zero-order chi connectivity index (χ0) is 4.12. The van der Waals surface area contributed by atoms with Crippen LogP contribution in [0.1, 0.15) is 19.8 Å². The fraction of sp³-hybridized carbons (Fsp3) is 1.00. The molecule has 0 nitrogen and oxygen atoms in total. The predicted molar refractivity (Wildman–Crippen MR) is 25.5 cm³/mol. The average Bonchev–Trinajstić information content (AvgIpc) is 1.41. The third-order valence-electron chi connectivity index (χ3n) is 0.707. The summed E-state index contributed by atoms with van der Waals surface area (Å²) in [5.41, 5.74) is 0. The van der Waals surface area contributed by atoms with Gasteiger partial charge >= 0.3 is 42.6 Å². The van der Waals surface area contributed by atoms with E-state index >= 15 is 0 Å². The van der Waals surface area contributed by atoms with Crippen molar-refractivity contribution >= 4 is 17.7 Å². The molecule has 0 atom stereocenters. The summed E-state index contributed by atoms with van der Waals surface area (Å²) in [4.78, 5) is 0. The molecule has 0 radical (unpaired) electrons. The van der Waals surface area contributed by atoms with Gasteiger partial charge in [0.25, 0.3) is 0 Å². The number of unbranched alkanes of at least 4 members (excludes halogenated alkanes) is 1. The van der Waals surface area contributed by atoms with E-state index in [-0.39, 0.29) is 0 Å². The maximum absolute atomic E-state index is 2.21. The van der Waals surface area contributed by atoms with Gasteiger partial charge in [-0.05, 0) is 0 Å². The molecule has 1 heteroatoms. The van der Waals surface area contributed by atoms with Crippen LogP contribution in [-0.4, -0.2) is 17.7 Å². The Morgan fingerprint density at radius 1 is 1.60 bits per heavy atom. The second-order valence-electron chi connectivity index (χ2n) is 1.35. The summed E-state index contributed by atoms with van der Waals surface area (Å²) in [7, 11) is 0. The van der Waals surface area contributed by atoms with Crippen molar-refractivity contribution in [2.75, 3.05) is 0 Å². The van der Waals surface area contributed by atoms with Crippen LogP contribution >= 0.6 is 0 Å². The van der Waals surface area contributed by atoms with Crippen molar-refractivity contribution in [2.24, 2.45) is 0 Å². The first kappa shape index (κ1) is 5.60. The van der Waals surface area contributed by atoms with Crippen LogP contribution in [0.2, 0.25) is 5.09 Å². The summed E-state index contributed by atoms with van der Waals surface area (Å²) in [6, 6.07) is 0. The van der Waals surface area contributed by atoms with Gasteiger partial charge in [-0.3, -0.25) is 0 Å². The molecule has 0 aliphatic rings. The van der Waals surface area contributed by atoms with Gasteiger partial charge in [-0.25, -0.2) is 0 Å². The van der Waals surface area contributed by atoms with Gasteiger partial charge in [0.15, 0.2) is 0 Å². The minimum absolute atomic E-state index is 1.34. The van der Waals surface area contributed by atoms with E-state index in [9.17, 15) is 0 Å². The van der Waals surface area contributed by atoms with Gasteiger partial charge in [-0.15, -0.1) is 0 Å². The zero-order valence-electron chi connectivity index (χ0n) is 4.12. The van der Waals surface area contributed by atoms with Gasteiger partial charge in [0.1, 0.15) is 0 Å². The summed E-state index contributed by atoms with van der Waals surface area (Å²) < 4.78 is 0. The second kappa shape index (κ2) is 4.60. The molecule has 0 fully saturated rings. The Bertz CT molecular complexity index is 11.1. The maximum atomic E-state index is 2.21. The third kappa shape index (κ3) is 4.60. The molecule has 26 valence electrons. The minimum atomic E-state index is 1.34. The first-order valence-electron chi connectivity index (χ1n) is 2.41. The molecule has 0 bridgehead atoms. The van der Waals surface area contributed by atoms with Crippen molar-refractivity contribution in [3.05, 3.63) is 0 Å². The van der Waals surface area contributed by atoms with Crippen LogP contribution < -0.4 is 0 Å². The molecule has 0 aromatic carbocycles. The predicted octanol–water partition coefficient (Wildman–Crippen LogP) is 1.37. The van der Waals surface area contributed by atoms with Crippen molar-refractivity contribution in [2.45, 2.75) is 24.9 Å². The Morgan fingerprint density at radius 2 is 2.20 bits per heavy atom. The summed E-state index contributed by atoms with van der Waals surface area (Å²) in [6.07, 6.45) is 2.73. The molecule has 5 heavy (non-hydrogen) atoms. The summed E-state index contributed by atoms with van der Waals surface area (Å²) >= 11 is 2.21. The van der Waals surface area contributed by atoms with E-state index in [1.807, 2.05) is 0 Å². The third-order valence-corrected chi connectivity index (χ3v) is 0.707. The topological polar surface area (TPSA) is 0 Å². The number of hydrogen-bond donors (Lipinski definition) is 0. The van der Waals surface area contributed by atoms with Gasteiger partial charge < -0.3 is 0 Å². The summed E-state index contributed by atoms with van der Waals surface area (Å²) in [6.45, 7) is 2.21. The molecule has 0 heterocycles. The number of rotatable bonds is 2. The molecule has 0 aliphatic carbocycles. The molecule has 0 N–H and O–H groups in total. The average molecular weight is 198 g/mol. The van der Waals surface area contributed by atoms with E-state index in [0.717, 1.165) is 0 Å². The van der Waals surface area contributed by atoms with Crippen LogP contribution in [-0.2, 0) is 0 Å². The van der Waals surface area contributed by atoms with Gasteiger partial charge in [-0.2, -0.15) is 0 Å². The second-order valence-corrected chi connectivity index (χ2v) is 1.35. The monoisotopic (exact) mass is 198 g/mol. The first-order valence-corrected chi connectivity index (χ1v) is 2.41. The standard InChI is InChI=1S/C4H9.Li/c1-3-4-2;/h1,3-4H2,2H3;/i;1-112. The van der Waals surface area contributed by atoms with Crippen LogP contribution in [0.25, 0.3) is 0 Å². The fourth-order valence-corrected chi connectivity index (χ4v) is 0.354. The molecule has 0 unspecified atom stereocenters. The van der Waals surface area contributed by atoms with Crippen LogP contribution in [0.5, 0.6) is 0 Å². The molecule has 0 aromatic heterocycles. The van der Waals surface area contributed by atoms with Gasteiger partial charge in [0, 0.05) is 0 Å². The molecular formula is C4H9Li. The van der Waals surface area contributed by atoms with Crippen LogP contribution in [0.15, 0.2) is 0 Å². The molecule has 0 amide bonds. The van der Waals surface area contributed by atoms with E-state index in [4.69, 9.17) is 0 Å². The Hall–Kier alpha value is 0.597. The van der Waals surface area contributed by atoms with Crippen molar-refractivity contribution in [3.63, 3.8) is 0 Å². The van der Waals surface area contributed by atoms with Crippen molar-refractivity contribution in [3.8, 4) is 0 Å².